The Bertz CT molecular complexity index is 728. The molecule has 0 saturated carbocycles. The number of ether oxygens (including phenoxy) is 1. The highest BCUT2D eigenvalue weighted by molar-refractivity contribution is 5.68. The molecule has 140 valence electrons. The molecule has 1 amide bonds. The number of piperidine rings is 1. The van der Waals surface area contributed by atoms with Crippen molar-refractivity contribution in [3.8, 4) is 11.8 Å². The van der Waals surface area contributed by atoms with Crippen LogP contribution in [-0.2, 0) is 4.74 Å². The van der Waals surface area contributed by atoms with Gasteiger partial charge in [0.25, 0.3) is 0 Å². The van der Waals surface area contributed by atoms with Crippen LogP contribution in [0, 0.1) is 17.3 Å². The third-order valence-corrected chi connectivity index (χ3v) is 4.68. The SMILES string of the molecule is CCOC(=O)N1CC/C(=C\C#Cc2cccc(N(C)CC)n2)C(C)(C)C1. The first-order chi connectivity index (χ1) is 12.4. The second-order valence-corrected chi connectivity index (χ2v) is 7.09. The number of nitrogens with zero attached hydrogens (tertiary/aromatic N) is 3. The van der Waals surface area contributed by atoms with Gasteiger partial charge in [-0.25, -0.2) is 9.78 Å². The van der Waals surface area contributed by atoms with E-state index in [0.717, 1.165) is 24.5 Å². The van der Waals surface area contributed by atoms with E-state index in [-0.39, 0.29) is 11.5 Å². The zero-order chi connectivity index (χ0) is 19.2. The topological polar surface area (TPSA) is 45.7 Å². The number of pyridine rings is 1. The van der Waals surface area contributed by atoms with Crippen molar-refractivity contribution in [2.24, 2.45) is 5.41 Å². The zero-order valence-electron chi connectivity index (χ0n) is 16.5. The molecule has 2 rings (SSSR count). The Kier molecular flexibility index (Phi) is 6.68. The van der Waals surface area contributed by atoms with Crippen molar-refractivity contribution in [2.75, 3.05) is 38.2 Å². The summed E-state index contributed by atoms with van der Waals surface area (Å²) in [5.41, 5.74) is 1.91. The zero-order valence-corrected chi connectivity index (χ0v) is 16.5. The van der Waals surface area contributed by atoms with Crippen molar-refractivity contribution in [3.05, 3.63) is 35.5 Å². The Morgan fingerprint density at radius 1 is 1.42 bits per heavy atom. The largest absolute Gasteiger partial charge is 0.450 e. The van der Waals surface area contributed by atoms with Gasteiger partial charge in [-0.15, -0.1) is 0 Å². The van der Waals surface area contributed by atoms with Crippen molar-refractivity contribution >= 4 is 11.9 Å². The van der Waals surface area contributed by atoms with Crippen LogP contribution in [0.2, 0.25) is 0 Å². The lowest BCUT2D eigenvalue weighted by molar-refractivity contribution is 0.0862. The lowest BCUT2D eigenvalue weighted by atomic mass is 9.79. The summed E-state index contributed by atoms with van der Waals surface area (Å²) in [5, 5.41) is 0. The van der Waals surface area contributed by atoms with Crippen molar-refractivity contribution in [1.82, 2.24) is 9.88 Å². The van der Waals surface area contributed by atoms with E-state index in [2.05, 4.69) is 42.5 Å². The number of rotatable bonds is 3. The second kappa shape index (κ2) is 8.75. The molecule has 1 aliphatic rings. The molecule has 1 aromatic rings. The molecular weight excluding hydrogens is 326 g/mol. The summed E-state index contributed by atoms with van der Waals surface area (Å²) in [7, 11) is 2.02. The van der Waals surface area contributed by atoms with Gasteiger partial charge in [0.1, 0.15) is 11.5 Å². The van der Waals surface area contributed by atoms with Gasteiger partial charge >= 0.3 is 6.09 Å². The third kappa shape index (κ3) is 5.01. The Morgan fingerprint density at radius 3 is 2.85 bits per heavy atom. The van der Waals surface area contributed by atoms with Gasteiger partial charge in [-0.1, -0.05) is 31.4 Å². The second-order valence-electron chi connectivity index (χ2n) is 7.09. The smallest absolute Gasteiger partial charge is 0.409 e. The maximum absolute atomic E-state index is 11.9. The van der Waals surface area contributed by atoms with E-state index in [1.54, 1.807) is 4.90 Å². The molecule has 0 spiro atoms. The van der Waals surface area contributed by atoms with E-state index in [1.165, 1.54) is 5.57 Å². The fourth-order valence-corrected chi connectivity index (χ4v) is 2.95. The average molecular weight is 355 g/mol. The number of likely N-dealkylation sites (tertiary alicyclic amines) is 1. The Labute approximate surface area is 157 Å². The van der Waals surface area contributed by atoms with E-state index in [0.29, 0.717) is 19.7 Å². The van der Waals surface area contributed by atoms with E-state index >= 15 is 0 Å². The number of hydrogen-bond donors (Lipinski definition) is 0. The van der Waals surface area contributed by atoms with Crippen molar-refractivity contribution in [1.29, 1.82) is 0 Å². The van der Waals surface area contributed by atoms with E-state index in [1.807, 2.05) is 38.2 Å². The van der Waals surface area contributed by atoms with Gasteiger partial charge in [0.15, 0.2) is 0 Å². The number of hydrogen-bond acceptors (Lipinski definition) is 4. The lowest BCUT2D eigenvalue weighted by Gasteiger charge is -2.39. The normalized spacial score (nSPS) is 17.4. The van der Waals surface area contributed by atoms with Gasteiger partial charge in [0, 0.05) is 32.1 Å². The van der Waals surface area contributed by atoms with Gasteiger partial charge in [0.2, 0.25) is 0 Å². The Morgan fingerprint density at radius 2 is 2.19 bits per heavy atom. The van der Waals surface area contributed by atoms with E-state index < -0.39 is 0 Å². The molecule has 1 saturated heterocycles. The number of aromatic nitrogens is 1. The van der Waals surface area contributed by atoms with Crippen LogP contribution in [0.15, 0.2) is 29.8 Å². The number of carbonyl (C=O) groups excluding carboxylic acids is 1. The van der Waals surface area contributed by atoms with E-state index in [9.17, 15) is 4.79 Å². The molecule has 2 heterocycles. The van der Waals surface area contributed by atoms with Gasteiger partial charge < -0.3 is 14.5 Å². The van der Waals surface area contributed by atoms with Crippen molar-refractivity contribution in [2.45, 2.75) is 34.1 Å². The molecule has 1 aliphatic heterocycles. The summed E-state index contributed by atoms with van der Waals surface area (Å²) in [5.74, 6) is 7.21. The van der Waals surface area contributed by atoms with Crippen LogP contribution in [0.1, 0.15) is 39.8 Å². The predicted octanol–water partition coefficient (Wildman–Crippen LogP) is 3.70. The highest BCUT2D eigenvalue weighted by Crippen LogP contribution is 2.34. The van der Waals surface area contributed by atoms with Gasteiger partial charge in [-0.2, -0.15) is 0 Å². The van der Waals surface area contributed by atoms with Crippen LogP contribution in [0.3, 0.4) is 0 Å². The minimum atomic E-state index is -0.230. The quantitative estimate of drug-likeness (QED) is 0.776. The summed E-state index contributed by atoms with van der Waals surface area (Å²) in [6, 6.07) is 5.89. The minimum Gasteiger partial charge on any atom is -0.450 e. The van der Waals surface area contributed by atoms with Crippen LogP contribution < -0.4 is 4.90 Å². The molecule has 1 fully saturated rings. The molecular formula is C21H29N3O2. The van der Waals surface area contributed by atoms with Gasteiger partial charge in [0.05, 0.1) is 6.61 Å². The molecule has 0 N–H and O–H groups in total. The number of allylic oxidation sites excluding steroid dienone is 1. The highest BCUT2D eigenvalue weighted by Gasteiger charge is 2.33. The Hall–Kier alpha value is -2.48. The molecule has 5 nitrogen and oxygen atoms in total. The molecule has 0 unspecified atom stereocenters. The maximum atomic E-state index is 11.9. The maximum Gasteiger partial charge on any atom is 0.409 e. The summed E-state index contributed by atoms with van der Waals surface area (Å²) in [6.45, 7) is 10.8. The first-order valence-electron chi connectivity index (χ1n) is 9.18. The lowest BCUT2D eigenvalue weighted by Crippen LogP contribution is -2.45. The van der Waals surface area contributed by atoms with Crippen LogP contribution in [-0.4, -0.2) is 49.3 Å². The predicted molar refractivity (Wildman–Crippen MR) is 105 cm³/mol. The summed E-state index contributed by atoms with van der Waals surface area (Å²) in [4.78, 5) is 20.4. The monoisotopic (exact) mass is 355 g/mol. The molecule has 26 heavy (non-hydrogen) atoms. The summed E-state index contributed by atoms with van der Waals surface area (Å²) in [6.07, 6.45) is 2.57. The fraction of sp³-hybridized carbons (Fsp3) is 0.524. The van der Waals surface area contributed by atoms with Crippen LogP contribution >= 0.6 is 0 Å². The van der Waals surface area contributed by atoms with Crippen LogP contribution in [0.5, 0.6) is 0 Å². The molecule has 0 atom stereocenters. The molecule has 0 aliphatic carbocycles. The van der Waals surface area contributed by atoms with Crippen molar-refractivity contribution < 1.29 is 9.53 Å². The van der Waals surface area contributed by atoms with Crippen LogP contribution in [0.25, 0.3) is 0 Å². The summed E-state index contributed by atoms with van der Waals surface area (Å²) < 4.78 is 5.12. The molecule has 0 radical (unpaired) electrons. The molecule has 1 aromatic heterocycles. The fourth-order valence-electron chi connectivity index (χ4n) is 2.95. The molecule has 5 heteroatoms. The molecule has 0 aromatic carbocycles. The summed E-state index contributed by atoms with van der Waals surface area (Å²) >= 11 is 0. The Balaban J connectivity index is 2.10. The standard InChI is InChI=1S/C21H29N3O2/c1-6-23(5)19-13-9-12-18(22-19)11-8-10-17-14-15-24(16-21(17,3)4)20(25)26-7-2/h9-10,12-13H,6-7,14-16H2,1-5H3/b17-10+. The number of carbonyl (C=O) groups is 1. The first-order valence-corrected chi connectivity index (χ1v) is 9.18. The van der Waals surface area contributed by atoms with Gasteiger partial charge in [-0.05, 0) is 44.4 Å². The van der Waals surface area contributed by atoms with Crippen LogP contribution in [0.4, 0.5) is 10.6 Å². The highest BCUT2D eigenvalue weighted by atomic mass is 16.6. The number of anilines is 1. The minimum absolute atomic E-state index is 0.114. The van der Waals surface area contributed by atoms with Gasteiger partial charge in [-0.3, -0.25) is 0 Å². The molecule has 0 bridgehead atoms. The van der Waals surface area contributed by atoms with Crippen molar-refractivity contribution in [3.63, 3.8) is 0 Å². The first kappa shape index (κ1) is 19.8. The number of amides is 1. The van der Waals surface area contributed by atoms with E-state index in [4.69, 9.17) is 4.74 Å². The third-order valence-electron chi connectivity index (χ3n) is 4.68. The average Bonchev–Trinajstić information content (AvgIpc) is 2.62.